The lowest BCUT2D eigenvalue weighted by molar-refractivity contribution is -0.115. The minimum atomic E-state index is -0.578. The van der Waals surface area contributed by atoms with Gasteiger partial charge in [0.15, 0.2) is 0 Å². The van der Waals surface area contributed by atoms with E-state index in [1.807, 2.05) is 31.2 Å². The molecule has 0 bridgehead atoms. The number of amides is 1. The van der Waals surface area contributed by atoms with E-state index in [1.165, 1.54) is 0 Å². The normalized spacial score (nSPS) is 21.5. The maximum atomic E-state index is 11.2. The largest absolute Gasteiger partial charge is 0.497 e. The third-order valence-corrected chi connectivity index (χ3v) is 2.95. The topological polar surface area (TPSA) is 76.7 Å². The van der Waals surface area contributed by atoms with Crippen LogP contribution in [-0.2, 0) is 11.2 Å². The van der Waals surface area contributed by atoms with E-state index in [0.29, 0.717) is 12.1 Å². The molecule has 1 unspecified atom stereocenters. The molecule has 0 fully saturated rings. The van der Waals surface area contributed by atoms with Crippen LogP contribution in [0.3, 0.4) is 0 Å². The first-order valence-electron chi connectivity index (χ1n) is 5.99. The van der Waals surface area contributed by atoms with Crippen LogP contribution in [0, 0.1) is 0 Å². The number of hydrogen-bond acceptors (Lipinski definition) is 4. The summed E-state index contributed by atoms with van der Waals surface area (Å²) in [6.45, 7) is 1.92. The van der Waals surface area contributed by atoms with Crippen molar-refractivity contribution in [2.75, 3.05) is 7.11 Å². The molecule has 1 atom stereocenters. The highest BCUT2D eigenvalue weighted by Gasteiger charge is 2.27. The number of allylic oxidation sites excluding steroid dienone is 1. The first-order valence-corrected chi connectivity index (χ1v) is 5.99. The van der Waals surface area contributed by atoms with E-state index in [1.54, 1.807) is 19.4 Å². The van der Waals surface area contributed by atoms with Gasteiger partial charge in [-0.2, -0.15) is 0 Å². The highest BCUT2D eigenvalue weighted by atomic mass is 16.5. The Bertz CT molecular complexity index is 551. The zero-order valence-electron chi connectivity index (χ0n) is 11.0. The molecule has 1 aromatic carbocycles. The molecule has 0 saturated carbocycles. The fourth-order valence-electron chi connectivity index (χ4n) is 2.05. The van der Waals surface area contributed by atoms with Crippen molar-refractivity contribution in [2.24, 2.45) is 10.7 Å². The van der Waals surface area contributed by atoms with Crippen molar-refractivity contribution in [1.82, 2.24) is 5.32 Å². The van der Waals surface area contributed by atoms with Crippen LogP contribution in [0.1, 0.15) is 12.5 Å². The molecule has 0 spiro atoms. The maximum Gasteiger partial charge on any atom is 0.264 e. The number of benzene rings is 1. The number of methoxy groups -OCH3 is 1. The lowest BCUT2D eigenvalue weighted by Gasteiger charge is -2.30. The van der Waals surface area contributed by atoms with E-state index >= 15 is 0 Å². The summed E-state index contributed by atoms with van der Waals surface area (Å²) in [4.78, 5) is 15.6. The third kappa shape index (κ3) is 3.13. The summed E-state index contributed by atoms with van der Waals surface area (Å²) in [5, 5.41) is 3.06. The molecule has 0 aromatic heterocycles. The number of aliphatic imine (C=N–C) groups is 1. The molecule has 1 aliphatic rings. The monoisotopic (exact) mass is 259 g/mol. The lowest BCUT2D eigenvalue weighted by atomic mass is 10.00. The standard InChI is InChI=1S/C14H17N3O2/c1-14(16-7-6-12(17-14)13(15)18)9-10-4-3-5-11(8-10)19-2/h3-8,17H,9H2,1-2H3,(H2,15,18). The zero-order valence-corrected chi connectivity index (χ0v) is 11.0. The van der Waals surface area contributed by atoms with Crippen molar-refractivity contribution in [3.63, 3.8) is 0 Å². The molecule has 1 aliphatic heterocycles. The Hall–Kier alpha value is -2.30. The van der Waals surface area contributed by atoms with Crippen LogP contribution in [-0.4, -0.2) is 24.9 Å². The minimum Gasteiger partial charge on any atom is -0.497 e. The Morgan fingerprint density at radius 3 is 3.00 bits per heavy atom. The van der Waals surface area contributed by atoms with E-state index in [2.05, 4.69) is 10.3 Å². The van der Waals surface area contributed by atoms with Crippen LogP contribution in [0.4, 0.5) is 0 Å². The lowest BCUT2D eigenvalue weighted by Crippen LogP contribution is -2.46. The summed E-state index contributed by atoms with van der Waals surface area (Å²) < 4.78 is 5.19. The van der Waals surface area contributed by atoms with Gasteiger partial charge in [-0.3, -0.25) is 9.79 Å². The molecule has 5 nitrogen and oxygen atoms in total. The van der Waals surface area contributed by atoms with Crippen LogP contribution in [0.2, 0.25) is 0 Å². The number of nitrogens with two attached hydrogens (primary N) is 1. The highest BCUT2D eigenvalue weighted by Crippen LogP contribution is 2.21. The van der Waals surface area contributed by atoms with Crippen molar-refractivity contribution in [1.29, 1.82) is 0 Å². The van der Waals surface area contributed by atoms with Crippen molar-refractivity contribution in [2.45, 2.75) is 19.0 Å². The molecule has 0 saturated heterocycles. The van der Waals surface area contributed by atoms with E-state index in [9.17, 15) is 4.79 Å². The molecule has 5 heteroatoms. The molecule has 1 aromatic rings. The molecule has 3 N–H and O–H groups in total. The van der Waals surface area contributed by atoms with Crippen molar-refractivity contribution in [3.05, 3.63) is 41.6 Å². The van der Waals surface area contributed by atoms with Crippen LogP contribution < -0.4 is 15.8 Å². The fourth-order valence-corrected chi connectivity index (χ4v) is 2.05. The second-order valence-electron chi connectivity index (χ2n) is 4.65. The number of primary amides is 1. The number of carbonyl (C=O) groups is 1. The Morgan fingerprint density at radius 1 is 1.53 bits per heavy atom. The molecular formula is C14H17N3O2. The van der Waals surface area contributed by atoms with Gasteiger partial charge in [0, 0.05) is 12.6 Å². The Balaban J connectivity index is 2.16. The number of hydrogen-bond donors (Lipinski definition) is 2. The smallest absolute Gasteiger partial charge is 0.264 e. The predicted molar refractivity (Wildman–Crippen MR) is 74.0 cm³/mol. The van der Waals surface area contributed by atoms with Gasteiger partial charge in [-0.15, -0.1) is 0 Å². The number of rotatable bonds is 4. The Morgan fingerprint density at radius 2 is 2.32 bits per heavy atom. The molecular weight excluding hydrogens is 242 g/mol. The fraction of sp³-hybridized carbons (Fsp3) is 0.286. The third-order valence-electron chi connectivity index (χ3n) is 2.95. The SMILES string of the molecule is COc1cccc(CC2(C)N=CC=C(C(N)=O)N2)c1. The Kier molecular flexibility index (Phi) is 3.55. The van der Waals surface area contributed by atoms with Gasteiger partial charge in [-0.1, -0.05) is 12.1 Å². The van der Waals surface area contributed by atoms with Gasteiger partial charge in [0.2, 0.25) is 0 Å². The average Bonchev–Trinajstić information content (AvgIpc) is 2.38. The number of carbonyl (C=O) groups excluding carboxylic acids is 1. The molecule has 0 radical (unpaired) electrons. The molecule has 1 amide bonds. The molecule has 100 valence electrons. The van der Waals surface area contributed by atoms with Gasteiger partial charge in [-0.25, -0.2) is 0 Å². The second-order valence-corrected chi connectivity index (χ2v) is 4.65. The van der Waals surface area contributed by atoms with Crippen molar-refractivity contribution >= 4 is 12.1 Å². The predicted octanol–water partition coefficient (Wildman–Crippen LogP) is 0.997. The first kappa shape index (κ1) is 13.1. The molecule has 2 rings (SSSR count). The van der Waals surface area contributed by atoms with Gasteiger partial charge in [0.25, 0.3) is 5.91 Å². The summed E-state index contributed by atoms with van der Waals surface area (Å²) in [6, 6.07) is 7.75. The molecule has 0 aliphatic carbocycles. The van der Waals surface area contributed by atoms with Gasteiger partial charge in [0.05, 0.1) is 7.11 Å². The van der Waals surface area contributed by atoms with Crippen LogP contribution in [0.15, 0.2) is 41.0 Å². The van der Waals surface area contributed by atoms with Crippen molar-refractivity contribution < 1.29 is 9.53 Å². The van der Waals surface area contributed by atoms with Crippen LogP contribution >= 0.6 is 0 Å². The van der Waals surface area contributed by atoms with Gasteiger partial charge in [0.1, 0.15) is 17.1 Å². The maximum absolute atomic E-state index is 11.2. The summed E-state index contributed by atoms with van der Waals surface area (Å²) in [5.74, 6) is 0.314. The van der Waals surface area contributed by atoms with Gasteiger partial charge >= 0.3 is 0 Å². The summed E-state index contributed by atoms with van der Waals surface area (Å²) in [5.41, 5.74) is 6.14. The number of nitrogens with one attached hydrogen (secondary N) is 1. The summed E-state index contributed by atoms with van der Waals surface area (Å²) in [7, 11) is 1.63. The van der Waals surface area contributed by atoms with E-state index in [-0.39, 0.29) is 0 Å². The average molecular weight is 259 g/mol. The minimum absolute atomic E-state index is 0.375. The summed E-state index contributed by atoms with van der Waals surface area (Å²) >= 11 is 0. The second kappa shape index (κ2) is 5.14. The summed E-state index contributed by atoms with van der Waals surface area (Å²) in [6.07, 6.45) is 3.82. The first-order chi connectivity index (χ1) is 9.02. The van der Waals surface area contributed by atoms with Crippen molar-refractivity contribution in [3.8, 4) is 5.75 Å². The van der Waals surface area contributed by atoms with E-state index in [0.717, 1.165) is 11.3 Å². The number of ether oxygens (including phenoxy) is 1. The van der Waals surface area contributed by atoms with E-state index < -0.39 is 11.6 Å². The zero-order chi connectivity index (χ0) is 13.9. The van der Waals surface area contributed by atoms with Crippen LogP contribution in [0.5, 0.6) is 5.75 Å². The van der Waals surface area contributed by atoms with Gasteiger partial charge < -0.3 is 15.8 Å². The molecule has 1 heterocycles. The molecule has 19 heavy (non-hydrogen) atoms. The quantitative estimate of drug-likeness (QED) is 0.846. The van der Waals surface area contributed by atoms with Crippen LogP contribution in [0.25, 0.3) is 0 Å². The number of nitrogens with zero attached hydrogens (tertiary/aromatic N) is 1. The highest BCUT2D eigenvalue weighted by molar-refractivity contribution is 5.96. The van der Waals surface area contributed by atoms with Gasteiger partial charge in [-0.05, 0) is 30.7 Å². The Labute approximate surface area is 112 Å². The van der Waals surface area contributed by atoms with E-state index in [4.69, 9.17) is 10.5 Å².